The highest BCUT2D eigenvalue weighted by atomic mass is 14.9. The van der Waals surface area contributed by atoms with E-state index in [4.69, 9.17) is 5.41 Å². The van der Waals surface area contributed by atoms with Gasteiger partial charge in [0.2, 0.25) is 0 Å². The molecule has 0 bridgehead atoms. The van der Waals surface area contributed by atoms with Crippen LogP contribution in [-0.4, -0.2) is 10.8 Å². The molecule has 1 aromatic heterocycles. The van der Waals surface area contributed by atoms with Crippen LogP contribution >= 0.6 is 0 Å². The topological polar surface area (TPSA) is 28.8 Å². The highest BCUT2D eigenvalue weighted by Gasteiger charge is 2.03. The van der Waals surface area contributed by atoms with Crippen molar-refractivity contribution in [2.75, 3.05) is 0 Å². The third-order valence-electron chi connectivity index (χ3n) is 3.89. The molecule has 0 aliphatic heterocycles. The molecule has 0 amide bonds. The number of aryl methyl sites for hydroxylation is 2. The number of hydrogen-bond acceptors (Lipinski definition) is 1. The minimum absolute atomic E-state index is 0.883. The summed E-state index contributed by atoms with van der Waals surface area (Å²) >= 11 is 0. The van der Waals surface area contributed by atoms with Gasteiger partial charge in [0.05, 0.1) is 0 Å². The second kappa shape index (κ2) is 4.97. The Kier molecular flexibility index (Phi) is 3.15. The van der Waals surface area contributed by atoms with Gasteiger partial charge in [0.1, 0.15) is 0 Å². The average molecular weight is 262 g/mol. The number of hydrogen-bond donors (Lipinski definition) is 1. The minimum Gasteiger partial charge on any atom is -0.343 e. The van der Waals surface area contributed by atoms with E-state index in [0.717, 1.165) is 12.1 Å². The lowest BCUT2D eigenvalue weighted by Gasteiger charge is -2.08. The second-order valence-electron chi connectivity index (χ2n) is 5.32. The maximum Gasteiger partial charge on any atom is 0.0483 e. The van der Waals surface area contributed by atoms with Gasteiger partial charge in [0.15, 0.2) is 0 Å². The molecule has 2 nitrogen and oxygen atoms in total. The zero-order valence-corrected chi connectivity index (χ0v) is 11.9. The van der Waals surface area contributed by atoms with Crippen LogP contribution in [0, 0.1) is 19.3 Å². The minimum atomic E-state index is 0.883. The van der Waals surface area contributed by atoms with Gasteiger partial charge in [-0.3, -0.25) is 0 Å². The fraction of sp³-hybridized carbons (Fsp3) is 0.167. The van der Waals surface area contributed by atoms with E-state index in [9.17, 15) is 0 Å². The van der Waals surface area contributed by atoms with Gasteiger partial charge < -0.3 is 9.98 Å². The van der Waals surface area contributed by atoms with Crippen LogP contribution in [0.25, 0.3) is 10.9 Å². The van der Waals surface area contributed by atoms with Crippen LogP contribution in [0.2, 0.25) is 0 Å². The summed E-state index contributed by atoms with van der Waals surface area (Å²) in [6.07, 6.45) is 3.51. The quantitative estimate of drug-likeness (QED) is 0.682. The van der Waals surface area contributed by atoms with Gasteiger partial charge in [0, 0.05) is 29.9 Å². The molecule has 0 unspecified atom stereocenters. The Morgan fingerprint density at radius 2 is 1.85 bits per heavy atom. The third-order valence-corrected chi connectivity index (χ3v) is 3.89. The Balaban J connectivity index is 1.98. The fourth-order valence-corrected chi connectivity index (χ4v) is 2.54. The lowest BCUT2D eigenvalue weighted by Crippen LogP contribution is -1.98. The molecular weight excluding hydrogens is 244 g/mol. The second-order valence-corrected chi connectivity index (χ2v) is 5.32. The van der Waals surface area contributed by atoms with Gasteiger partial charge in [0.25, 0.3) is 0 Å². The van der Waals surface area contributed by atoms with Crippen molar-refractivity contribution in [2.24, 2.45) is 0 Å². The highest BCUT2D eigenvalue weighted by molar-refractivity contribution is 5.88. The molecule has 3 rings (SSSR count). The highest BCUT2D eigenvalue weighted by Crippen LogP contribution is 2.19. The SMILES string of the molecule is Cc1ccc(Cn2ccc3cc(C=N)ccc32)cc1C. The molecule has 0 spiro atoms. The van der Waals surface area contributed by atoms with Gasteiger partial charge >= 0.3 is 0 Å². The largest absolute Gasteiger partial charge is 0.343 e. The Morgan fingerprint density at radius 3 is 2.60 bits per heavy atom. The number of rotatable bonds is 3. The molecule has 0 aliphatic rings. The maximum atomic E-state index is 7.32. The van der Waals surface area contributed by atoms with E-state index in [1.54, 1.807) is 0 Å². The van der Waals surface area contributed by atoms with Gasteiger partial charge in [-0.2, -0.15) is 0 Å². The molecule has 0 aliphatic carbocycles. The standard InChI is InChI=1S/C18H18N2/c1-13-3-4-16(9-14(13)2)12-20-8-7-17-10-15(11-19)5-6-18(17)20/h3-11,19H,12H2,1-2H3. The van der Waals surface area contributed by atoms with Gasteiger partial charge in [-0.15, -0.1) is 0 Å². The molecule has 0 saturated carbocycles. The predicted molar refractivity (Wildman–Crippen MR) is 84.8 cm³/mol. The zero-order valence-electron chi connectivity index (χ0n) is 11.9. The summed E-state index contributed by atoms with van der Waals surface area (Å²) in [4.78, 5) is 0. The van der Waals surface area contributed by atoms with Crippen LogP contribution in [0.1, 0.15) is 22.3 Å². The van der Waals surface area contributed by atoms with Crippen LogP contribution < -0.4 is 0 Å². The summed E-state index contributed by atoms with van der Waals surface area (Å²) in [5.74, 6) is 0. The summed E-state index contributed by atoms with van der Waals surface area (Å²) in [7, 11) is 0. The number of nitrogens with one attached hydrogen (secondary N) is 1. The van der Waals surface area contributed by atoms with Crippen molar-refractivity contribution >= 4 is 17.1 Å². The molecule has 2 heteroatoms. The molecule has 0 fully saturated rings. The number of aromatic nitrogens is 1. The maximum absolute atomic E-state index is 7.32. The van der Waals surface area contributed by atoms with E-state index in [0.29, 0.717) is 0 Å². The Morgan fingerprint density at radius 1 is 1.00 bits per heavy atom. The summed E-state index contributed by atoms with van der Waals surface area (Å²) in [5.41, 5.74) is 6.16. The summed E-state index contributed by atoms with van der Waals surface area (Å²) in [6, 6.07) is 14.9. The van der Waals surface area contributed by atoms with Crippen LogP contribution in [0.5, 0.6) is 0 Å². The molecule has 0 saturated heterocycles. The Bertz CT molecular complexity index is 781. The first-order valence-electron chi connectivity index (χ1n) is 6.83. The molecule has 0 radical (unpaired) electrons. The predicted octanol–water partition coefficient (Wildman–Crippen LogP) is 4.30. The fourth-order valence-electron chi connectivity index (χ4n) is 2.54. The zero-order chi connectivity index (χ0) is 14.1. The van der Waals surface area contributed by atoms with E-state index >= 15 is 0 Å². The first-order chi connectivity index (χ1) is 9.67. The van der Waals surface area contributed by atoms with Crippen molar-refractivity contribution in [3.05, 3.63) is 70.9 Å². The van der Waals surface area contributed by atoms with Gasteiger partial charge in [-0.25, -0.2) is 0 Å². The first-order valence-corrected chi connectivity index (χ1v) is 6.83. The van der Waals surface area contributed by atoms with Crippen molar-refractivity contribution in [1.29, 1.82) is 5.41 Å². The molecule has 100 valence electrons. The Hall–Kier alpha value is -2.35. The monoisotopic (exact) mass is 262 g/mol. The van der Waals surface area contributed by atoms with E-state index in [1.165, 1.54) is 33.8 Å². The van der Waals surface area contributed by atoms with Gasteiger partial charge in [-0.05, 0) is 54.3 Å². The van der Waals surface area contributed by atoms with Crippen molar-refractivity contribution in [3.8, 4) is 0 Å². The normalized spacial score (nSPS) is 10.9. The number of nitrogens with zero attached hydrogens (tertiary/aromatic N) is 1. The van der Waals surface area contributed by atoms with Crippen LogP contribution in [0.15, 0.2) is 48.7 Å². The smallest absolute Gasteiger partial charge is 0.0483 e. The molecule has 3 aromatic rings. The molecule has 0 atom stereocenters. The van der Waals surface area contributed by atoms with Gasteiger partial charge in [-0.1, -0.05) is 24.3 Å². The first kappa shape index (κ1) is 12.7. The molecule has 1 N–H and O–H groups in total. The van der Waals surface area contributed by atoms with Crippen molar-refractivity contribution < 1.29 is 0 Å². The van der Waals surface area contributed by atoms with E-state index in [2.05, 4.69) is 61.0 Å². The average Bonchev–Trinajstić information content (AvgIpc) is 2.85. The van der Waals surface area contributed by atoms with Crippen LogP contribution in [0.3, 0.4) is 0 Å². The van der Waals surface area contributed by atoms with E-state index in [-0.39, 0.29) is 0 Å². The molecule has 1 heterocycles. The number of fused-ring (bicyclic) bond motifs is 1. The molecule has 2 aromatic carbocycles. The molecular formula is C18H18N2. The summed E-state index contributed by atoms with van der Waals surface area (Å²) in [5, 5.41) is 8.51. The lowest BCUT2D eigenvalue weighted by molar-refractivity contribution is 0.835. The van der Waals surface area contributed by atoms with Crippen molar-refractivity contribution in [2.45, 2.75) is 20.4 Å². The Labute approximate surface area is 119 Å². The van der Waals surface area contributed by atoms with Crippen LogP contribution in [-0.2, 0) is 6.54 Å². The molecule has 20 heavy (non-hydrogen) atoms. The number of benzene rings is 2. The van der Waals surface area contributed by atoms with E-state index in [1.807, 2.05) is 6.07 Å². The third kappa shape index (κ3) is 2.25. The summed E-state index contributed by atoms with van der Waals surface area (Å²) in [6.45, 7) is 5.18. The van der Waals surface area contributed by atoms with Crippen LogP contribution in [0.4, 0.5) is 0 Å². The van der Waals surface area contributed by atoms with E-state index < -0.39 is 0 Å². The lowest BCUT2D eigenvalue weighted by atomic mass is 10.1. The van der Waals surface area contributed by atoms with Crippen molar-refractivity contribution in [1.82, 2.24) is 4.57 Å². The van der Waals surface area contributed by atoms with Crippen molar-refractivity contribution in [3.63, 3.8) is 0 Å². The summed E-state index contributed by atoms with van der Waals surface area (Å²) < 4.78 is 2.26.